The molecule has 0 amide bonds. The number of furan rings is 1. The molecule has 268 valence electrons. The zero-order valence-electron chi connectivity index (χ0n) is 31.3. The van der Waals surface area contributed by atoms with Crippen molar-refractivity contribution in [2.45, 2.75) is 0 Å². The molecule has 2 aromatic heterocycles. The average molecular weight is 753 g/mol. The lowest BCUT2D eigenvalue weighted by molar-refractivity contribution is 0.669. The van der Waals surface area contributed by atoms with E-state index in [-0.39, 0.29) is 0 Å². The Labute approximate surface area is 337 Å². The summed E-state index contributed by atoms with van der Waals surface area (Å²) in [6.07, 6.45) is 0. The summed E-state index contributed by atoms with van der Waals surface area (Å²) in [6.45, 7) is 0. The van der Waals surface area contributed by atoms with E-state index in [0.717, 1.165) is 27.5 Å². The van der Waals surface area contributed by atoms with Crippen molar-refractivity contribution < 1.29 is 4.42 Å². The van der Waals surface area contributed by atoms with E-state index in [4.69, 9.17) is 4.42 Å². The van der Waals surface area contributed by atoms with Gasteiger partial charge in [-0.1, -0.05) is 164 Å². The molecule has 0 spiro atoms. The zero-order chi connectivity index (χ0) is 37.9. The minimum Gasteiger partial charge on any atom is -0.456 e. The third-order valence-electron chi connectivity index (χ3n) is 12.4. The summed E-state index contributed by atoms with van der Waals surface area (Å²) in [5, 5.41) is 17.7. The average Bonchev–Trinajstić information content (AvgIpc) is 3.86. The first-order valence-corrected chi connectivity index (χ1v) is 20.7. The summed E-state index contributed by atoms with van der Waals surface area (Å²) in [5.41, 5.74) is 9.21. The maximum absolute atomic E-state index is 6.41. The predicted molar refractivity (Wildman–Crippen MR) is 250 cm³/mol. The molecule has 0 saturated carbocycles. The molecule has 0 unspecified atom stereocenters. The van der Waals surface area contributed by atoms with Crippen molar-refractivity contribution in [3.05, 3.63) is 194 Å². The van der Waals surface area contributed by atoms with E-state index in [0.29, 0.717) is 0 Å². The largest absolute Gasteiger partial charge is 0.456 e. The van der Waals surface area contributed by atoms with Crippen LogP contribution in [0.3, 0.4) is 0 Å². The lowest BCUT2D eigenvalue weighted by atomic mass is 9.85. The summed E-state index contributed by atoms with van der Waals surface area (Å²) in [6, 6.07) is 71.4. The normalized spacial score (nSPS) is 12.1. The van der Waals surface area contributed by atoms with Gasteiger partial charge in [0.25, 0.3) is 0 Å². The van der Waals surface area contributed by atoms with Crippen LogP contribution in [-0.4, -0.2) is 0 Å². The monoisotopic (exact) mass is 752 g/mol. The van der Waals surface area contributed by atoms with E-state index < -0.39 is 0 Å². The zero-order valence-corrected chi connectivity index (χ0v) is 32.1. The number of hydrogen-bond acceptors (Lipinski definition) is 2. The highest BCUT2D eigenvalue weighted by atomic mass is 32.1. The van der Waals surface area contributed by atoms with E-state index in [9.17, 15) is 0 Å². The Bertz CT molecular complexity index is 3810. The lowest BCUT2D eigenvalue weighted by Gasteiger charge is -2.18. The molecular formula is C56H32OS. The predicted octanol–water partition coefficient (Wildman–Crippen LogP) is 16.7. The maximum atomic E-state index is 6.41. The molecule has 0 saturated heterocycles. The quantitative estimate of drug-likeness (QED) is 0.129. The Morgan fingerprint density at radius 2 is 0.776 bits per heavy atom. The van der Waals surface area contributed by atoms with Crippen molar-refractivity contribution in [1.82, 2.24) is 0 Å². The van der Waals surface area contributed by atoms with Gasteiger partial charge in [0.2, 0.25) is 0 Å². The molecule has 0 fully saturated rings. The van der Waals surface area contributed by atoms with Crippen LogP contribution in [0, 0.1) is 0 Å². The second-order valence-electron chi connectivity index (χ2n) is 15.5. The number of hydrogen-bond donors (Lipinski definition) is 0. The van der Waals surface area contributed by atoms with Gasteiger partial charge < -0.3 is 4.42 Å². The summed E-state index contributed by atoms with van der Waals surface area (Å²) >= 11 is 1.94. The molecule has 1 nitrogen and oxygen atoms in total. The molecule has 58 heavy (non-hydrogen) atoms. The number of rotatable bonds is 3. The van der Waals surface area contributed by atoms with E-state index in [1.54, 1.807) is 0 Å². The van der Waals surface area contributed by atoms with Crippen LogP contribution in [0.15, 0.2) is 199 Å². The highest BCUT2D eigenvalue weighted by Crippen LogP contribution is 2.50. The molecule has 0 aliphatic carbocycles. The summed E-state index contributed by atoms with van der Waals surface area (Å²) < 4.78 is 9.09. The minimum atomic E-state index is 0.910. The molecule has 0 atom stereocenters. The van der Waals surface area contributed by atoms with Crippen LogP contribution in [-0.2, 0) is 0 Å². The van der Waals surface area contributed by atoms with Gasteiger partial charge in [0, 0.05) is 41.9 Å². The number of thiophene rings is 1. The number of para-hydroxylation sites is 1. The fraction of sp³-hybridized carbons (Fsp3) is 0. The first kappa shape index (κ1) is 31.9. The van der Waals surface area contributed by atoms with Gasteiger partial charge in [-0.3, -0.25) is 0 Å². The summed E-state index contributed by atoms with van der Waals surface area (Å²) in [7, 11) is 0. The Hall–Kier alpha value is -7.26. The van der Waals surface area contributed by atoms with Gasteiger partial charge in [0.05, 0.1) is 0 Å². The summed E-state index contributed by atoms with van der Waals surface area (Å²) in [4.78, 5) is 0. The smallest absolute Gasteiger partial charge is 0.136 e. The van der Waals surface area contributed by atoms with Crippen molar-refractivity contribution in [2.75, 3.05) is 0 Å². The first-order valence-electron chi connectivity index (χ1n) is 19.9. The van der Waals surface area contributed by atoms with Crippen LogP contribution in [0.25, 0.3) is 129 Å². The molecule has 11 aromatic carbocycles. The lowest BCUT2D eigenvalue weighted by Crippen LogP contribution is -1.91. The highest BCUT2D eigenvalue weighted by molar-refractivity contribution is 7.27. The fourth-order valence-electron chi connectivity index (χ4n) is 9.95. The molecule has 0 radical (unpaired) electrons. The van der Waals surface area contributed by atoms with Crippen molar-refractivity contribution in [3.63, 3.8) is 0 Å². The Balaban J connectivity index is 1.09. The van der Waals surface area contributed by atoms with Crippen LogP contribution < -0.4 is 0 Å². The molecule has 2 heterocycles. The van der Waals surface area contributed by atoms with Gasteiger partial charge in [-0.15, -0.1) is 11.3 Å². The molecule has 0 aliphatic rings. The molecule has 0 aliphatic heterocycles. The van der Waals surface area contributed by atoms with Gasteiger partial charge in [-0.05, 0) is 107 Å². The van der Waals surface area contributed by atoms with E-state index in [1.807, 2.05) is 17.4 Å². The Morgan fingerprint density at radius 1 is 0.276 bits per heavy atom. The molecule has 2 heteroatoms. The molecule has 0 bridgehead atoms. The standard InChI is InChI=1S/C56H32OS/c1-2-17-37-33(14-1)31-48-54-42-21-5-3-18-38(42)39-19-4-10-26-47(39)55(54)58-56(48)53(37)35-16-13-15-34(30-35)51-43-22-6-8-24-45(43)52(46-25-9-7-23-44(46)51)36-28-29-41-40-20-11-12-27-49(40)57-50(41)32-36/h1-32H. The molecule has 0 N–H and O–H groups in total. The van der Waals surface area contributed by atoms with E-state index in [2.05, 4.69) is 188 Å². The van der Waals surface area contributed by atoms with Crippen LogP contribution in [0.1, 0.15) is 0 Å². The first-order chi connectivity index (χ1) is 28.8. The van der Waals surface area contributed by atoms with Crippen LogP contribution >= 0.6 is 11.3 Å². The Morgan fingerprint density at radius 3 is 1.47 bits per heavy atom. The van der Waals surface area contributed by atoms with Gasteiger partial charge in [0.15, 0.2) is 0 Å². The van der Waals surface area contributed by atoms with Gasteiger partial charge in [-0.2, -0.15) is 0 Å². The Kier molecular flexibility index (Phi) is 6.66. The van der Waals surface area contributed by atoms with Crippen molar-refractivity contribution in [2.24, 2.45) is 0 Å². The van der Waals surface area contributed by atoms with Crippen LogP contribution in [0.5, 0.6) is 0 Å². The molecular weight excluding hydrogens is 721 g/mol. The van der Waals surface area contributed by atoms with Gasteiger partial charge >= 0.3 is 0 Å². The number of fused-ring (bicyclic) bond motifs is 14. The molecule has 13 rings (SSSR count). The SMILES string of the molecule is c1cc(-c2c3ccccc3c(-c3ccc4c(c3)oc3ccccc34)c3ccccc23)cc(-c2c3ccccc3cc3c2sc2c4ccccc4c4ccccc4c32)c1. The third-order valence-corrected chi connectivity index (χ3v) is 13.7. The van der Waals surface area contributed by atoms with Crippen molar-refractivity contribution >= 4 is 107 Å². The second kappa shape index (κ2) is 12.1. The fourth-order valence-corrected chi connectivity index (χ4v) is 11.4. The van der Waals surface area contributed by atoms with Gasteiger partial charge in [-0.25, -0.2) is 0 Å². The third kappa shape index (κ3) is 4.46. The van der Waals surface area contributed by atoms with Crippen LogP contribution in [0.4, 0.5) is 0 Å². The minimum absolute atomic E-state index is 0.910. The molecule has 13 aromatic rings. The number of benzene rings is 11. The maximum Gasteiger partial charge on any atom is 0.136 e. The topological polar surface area (TPSA) is 13.1 Å². The van der Waals surface area contributed by atoms with Crippen molar-refractivity contribution in [1.29, 1.82) is 0 Å². The van der Waals surface area contributed by atoms with Crippen molar-refractivity contribution in [3.8, 4) is 33.4 Å². The van der Waals surface area contributed by atoms with E-state index >= 15 is 0 Å². The van der Waals surface area contributed by atoms with E-state index in [1.165, 1.54) is 102 Å². The van der Waals surface area contributed by atoms with Crippen LogP contribution in [0.2, 0.25) is 0 Å². The highest BCUT2D eigenvalue weighted by Gasteiger charge is 2.21. The second-order valence-corrected chi connectivity index (χ2v) is 16.5. The van der Waals surface area contributed by atoms with Gasteiger partial charge in [0.1, 0.15) is 11.2 Å². The summed E-state index contributed by atoms with van der Waals surface area (Å²) in [5.74, 6) is 0.